The lowest BCUT2D eigenvalue weighted by atomic mass is 9.86. The van der Waals surface area contributed by atoms with Gasteiger partial charge < -0.3 is 4.90 Å². The van der Waals surface area contributed by atoms with Crippen molar-refractivity contribution >= 4 is 17.5 Å². The molecule has 1 saturated heterocycles. The molecule has 1 aliphatic carbocycles. The second-order valence-corrected chi connectivity index (χ2v) is 5.55. The Balaban J connectivity index is 1.82. The molecule has 0 N–H and O–H groups in total. The Hall–Kier alpha value is -0.240. The smallest absolute Gasteiger partial charge is 0.223 e. The molecule has 2 aliphatic rings. The van der Waals surface area contributed by atoms with Crippen LogP contribution in [-0.4, -0.2) is 29.3 Å². The Morgan fingerprint density at radius 3 is 2.56 bits per heavy atom. The van der Waals surface area contributed by atoms with Crippen molar-refractivity contribution in [3.63, 3.8) is 0 Å². The van der Waals surface area contributed by atoms with Crippen molar-refractivity contribution in [2.24, 2.45) is 5.92 Å². The summed E-state index contributed by atoms with van der Waals surface area (Å²) in [5, 5.41) is 0. The first-order chi connectivity index (χ1) is 7.81. The van der Waals surface area contributed by atoms with E-state index in [2.05, 4.69) is 0 Å². The first-order valence-electron chi connectivity index (χ1n) is 6.66. The highest BCUT2D eigenvalue weighted by atomic mass is 35.5. The Bertz CT molecular complexity index is 238. The fourth-order valence-corrected chi connectivity index (χ4v) is 3.40. The maximum Gasteiger partial charge on any atom is 0.223 e. The van der Waals surface area contributed by atoms with E-state index in [1.807, 2.05) is 4.90 Å². The molecule has 1 heterocycles. The molecule has 0 aromatic heterocycles. The van der Waals surface area contributed by atoms with Crippen molar-refractivity contribution in [1.29, 1.82) is 0 Å². The van der Waals surface area contributed by atoms with Gasteiger partial charge in [0.05, 0.1) is 0 Å². The molecule has 16 heavy (non-hydrogen) atoms. The van der Waals surface area contributed by atoms with E-state index in [4.69, 9.17) is 11.6 Å². The molecule has 1 unspecified atom stereocenters. The van der Waals surface area contributed by atoms with Gasteiger partial charge in [-0.15, -0.1) is 11.6 Å². The molecule has 0 bridgehead atoms. The van der Waals surface area contributed by atoms with Crippen LogP contribution in [0.2, 0.25) is 0 Å². The van der Waals surface area contributed by atoms with Crippen LogP contribution in [0.25, 0.3) is 0 Å². The lowest BCUT2D eigenvalue weighted by Gasteiger charge is -2.27. The molecule has 92 valence electrons. The van der Waals surface area contributed by atoms with Crippen LogP contribution in [0.5, 0.6) is 0 Å². The predicted molar refractivity (Wildman–Crippen MR) is 66.6 cm³/mol. The molecule has 0 radical (unpaired) electrons. The number of rotatable bonds is 3. The Morgan fingerprint density at radius 2 is 1.88 bits per heavy atom. The van der Waals surface area contributed by atoms with Crippen molar-refractivity contribution in [2.45, 2.75) is 57.4 Å². The summed E-state index contributed by atoms with van der Waals surface area (Å²) in [6, 6.07) is 0.317. The van der Waals surface area contributed by atoms with Crippen molar-refractivity contribution in [2.75, 3.05) is 12.4 Å². The molecule has 1 atom stereocenters. The summed E-state index contributed by atoms with van der Waals surface area (Å²) in [6.07, 6.45) is 9.50. The van der Waals surface area contributed by atoms with E-state index < -0.39 is 0 Å². The molecule has 1 amide bonds. The maximum absolute atomic E-state index is 12.2. The average molecular weight is 244 g/mol. The first-order valence-corrected chi connectivity index (χ1v) is 7.20. The number of hydrogen-bond donors (Lipinski definition) is 0. The fraction of sp³-hybridized carbons (Fsp3) is 0.923. The highest BCUT2D eigenvalue weighted by molar-refractivity contribution is 6.18. The minimum absolute atomic E-state index is 0.317. The summed E-state index contributed by atoms with van der Waals surface area (Å²) >= 11 is 5.90. The third-order valence-corrected chi connectivity index (χ3v) is 4.42. The van der Waals surface area contributed by atoms with Crippen molar-refractivity contribution in [3.05, 3.63) is 0 Å². The van der Waals surface area contributed by atoms with E-state index >= 15 is 0 Å². The zero-order valence-corrected chi connectivity index (χ0v) is 10.7. The highest BCUT2D eigenvalue weighted by Crippen LogP contribution is 2.28. The number of carbonyl (C=O) groups excluding carboxylic acids is 1. The van der Waals surface area contributed by atoms with E-state index in [0.717, 1.165) is 25.8 Å². The van der Waals surface area contributed by atoms with Gasteiger partial charge in [0, 0.05) is 24.9 Å². The van der Waals surface area contributed by atoms with Crippen LogP contribution < -0.4 is 0 Å². The molecule has 2 nitrogen and oxygen atoms in total. The van der Waals surface area contributed by atoms with E-state index in [-0.39, 0.29) is 0 Å². The summed E-state index contributed by atoms with van der Waals surface area (Å²) in [4.78, 5) is 14.2. The van der Waals surface area contributed by atoms with E-state index in [1.54, 1.807) is 0 Å². The van der Waals surface area contributed by atoms with E-state index in [9.17, 15) is 4.79 Å². The summed E-state index contributed by atoms with van der Waals surface area (Å²) in [6.45, 7) is 0.933. The van der Waals surface area contributed by atoms with Gasteiger partial charge in [0.25, 0.3) is 0 Å². The lowest BCUT2D eigenvalue weighted by molar-refractivity contribution is -0.132. The number of alkyl halides is 1. The maximum atomic E-state index is 12.2. The minimum atomic E-state index is 0.317. The zero-order chi connectivity index (χ0) is 11.4. The molecule has 0 spiro atoms. The van der Waals surface area contributed by atoms with Gasteiger partial charge in [0.1, 0.15) is 0 Å². The normalized spacial score (nSPS) is 27.3. The predicted octanol–water partition coefficient (Wildman–Crippen LogP) is 3.19. The molecule has 1 aliphatic heterocycles. The van der Waals surface area contributed by atoms with Gasteiger partial charge in [-0.25, -0.2) is 0 Å². The van der Waals surface area contributed by atoms with Gasteiger partial charge >= 0.3 is 0 Å². The molecular weight excluding hydrogens is 222 g/mol. The van der Waals surface area contributed by atoms with Crippen molar-refractivity contribution in [3.8, 4) is 0 Å². The largest absolute Gasteiger partial charge is 0.339 e. The summed E-state index contributed by atoms with van der Waals surface area (Å²) in [7, 11) is 0. The van der Waals surface area contributed by atoms with Crippen LogP contribution in [0.4, 0.5) is 0 Å². The number of likely N-dealkylation sites (tertiary alicyclic amines) is 1. The zero-order valence-electron chi connectivity index (χ0n) is 9.96. The van der Waals surface area contributed by atoms with Gasteiger partial charge in [-0.3, -0.25) is 4.79 Å². The summed E-state index contributed by atoms with van der Waals surface area (Å²) < 4.78 is 0. The minimum Gasteiger partial charge on any atom is -0.339 e. The Labute approximate surface area is 103 Å². The van der Waals surface area contributed by atoms with Crippen LogP contribution >= 0.6 is 11.6 Å². The summed E-state index contributed by atoms with van der Waals surface area (Å²) in [5.41, 5.74) is 0. The highest BCUT2D eigenvalue weighted by Gasteiger charge is 2.29. The fourth-order valence-electron chi connectivity index (χ4n) is 3.08. The molecule has 3 heteroatoms. The van der Waals surface area contributed by atoms with E-state index in [0.29, 0.717) is 23.7 Å². The Morgan fingerprint density at radius 1 is 1.12 bits per heavy atom. The quantitative estimate of drug-likeness (QED) is 0.698. The van der Waals surface area contributed by atoms with Crippen LogP contribution in [0.1, 0.15) is 51.4 Å². The van der Waals surface area contributed by atoms with Gasteiger partial charge in [-0.1, -0.05) is 19.3 Å². The monoisotopic (exact) mass is 243 g/mol. The number of hydrogen-bond acceptors (Lipinski definition) is 1. The number of amides is 1. The molecule has 2 fully saturated rings. The number of halogens is 1. The summed E-state index contributed by atoms with van der Waals surface area (Å²) in [5.74, 6) is 1.61. The number of carbonyl (C=O) groups is 1. The van der Waals surface area contributed by atoms with E-state index in [1.165, 1.54) is 32.1 Å². The average Bonchev–Trinajstić information content (AvgIpc) is 2.78. The SMILES string of the molecule is O=C(CC1CCCCC1)N1CCCC1CCl. The third-order valence-electron chi connectivity index (χ3n) is 4.06. The third kappa shape index (κ3) is 2.91. The topological polar surface area (TPSA) is 20.3 Å². The van der Waals surface area contributed by atoms with Gasteiger partial charge in [0.2, 0.25) is 5.91 Å². The first kappa shape index (κ1) is 12.2. The molecule has 2 rings (SSSR count). The van der Waals surface area contributed by atoms with Gasteiger partial charge in [-0.05, 0) is 31.6 Å². The second-order valence-electron chi connectivity index (χ2n) is 5.25. The second kappa shape index (κ2) is 5.90. The van der Waals surface area contributed by atoms with Gasteiger partial charge in [0.15, 0.2) is 0 Å². The van der Waals surface area contributed by atoms with Gasteiger partial charge in [-0.2, -0.15) is 0 Å². The van der Waals surface area contributed by atoms with Crippen molar-refractivity contribution in [1.82, 2.24) is 4.90 Å². The molecule has 0 aromatic carbocycles. The molecular formula is C13H22ClNO. The number of nitrogens with zero attached hydrogens (tertiary/aromatic N) is 1. The van der Waals surface area contributed by atoms with Crippen LogP contribution in [0, 0.1) is 5.92 Å². The van der Waals surface area contributed by atoms with Crippen LogP contribution in [0.3, 0.4) is 0 Å². The van der Waals surface area contributed by atoms with Crippen molar-refractivity contribution < 1.29 is 4.79 Å². The Kier molecular flexibility index (Phi) is 4.51. The van der Waals surface area contributed by atoms with Crippen LogP contribution in [0.15, 0.2) is 0 Å². The molecule has 1 saturated carbocycles. The molecule has 0 aromatic rings. The van der Waals surface area contributed by atoms with Crippen LogP contribution in [-0.2, 0) is 4.79 Å². The standard InChI is InChI=1S/C13H22ClNO/c14-10-12-7-4-8-15(12)13(16)9-11-5-2-1-3-6-11/h11-12H,1-10H2. The lowest BCUT2D eigenvalue weighted by Crippen LogP contribution is -2.37.